The molecule has 2 saturated heterocycles. The Labute approximate surface area is 180 Å². The van der Waals surface area contributed by atoms with Crippen molar-refractivity contribution in [2.45, 2.75) is 25.3 Å². The predicted molar refractivity (Wildman–Crippen MR) is 122 cm³/mol. The molecule has 2 aliphatic heterocycles. The number of aromatic hydroxyl groups is 1. The van der Waals surface area contributed by atoms with Crippen molar-refractivity contribution in [3.8, 4) is 17.0 Å². The smallest absolute Gasteiger partial charge is 0.129 e. The number of rotatable bonds is 3. The summed E-state index contributed by atoms with van der Waals surface area (Å²) in [7, 11) is 1.88. The quantitative estimate of drug-likeness (QED) is 0.553. The van der Waals surface area contributed by atoms with E-state index in [1.807, 2.05) is 37.5 Å². The maximum absolute atomic E-state index is 10.5. The lowest BCUT2D eigenvalue weighted by molar-refractivity contribution is 0.260. The third-order valence-corrected chi connectivity index (χ3v) is 6.68. The van der Waals surface area contributed by atoms with Crippen molar-refractivity contribution < 1.29 is 5.11 Å². The van der Waals surface area contributed by atoms with Gasteiger partial charge in [0.15, 0.2) is 0 Å². The predicted octanol–water partition coefficient (Wildman–Crippen LogP) is 3.56. The van der Waals surface area contributed by atoms with Crippen LogP contribution in [0.5, 0.6) is 5.75 Å². The van der Waals surface area contributed by atoms with E-state index < -0.39 is 0 Å². The van der Waals surface area contributed by atoms with Gasteiger partial charge in [0, 0.05) is 49.4 Å². The molecule has 31 heavy (non-hydrogen) atoms. The fourth-order valence-corrected chi connectivity index (χ4v) is 5.07. The van der Waals surface area contributed by atoms with Gasteiger partial charge in [-0.05, 0) is 62.7 Å². The summed E-state index contributed by atoms with van der Waals surface area (Å²) < 4.78 is 1.75. The average Bonchev–Trinajstić information content (AvgIpc) is 3.52. The van der Waals surface area contributed by atoms with Crippen molar-refractivity contribution in [1.29, 1.82) is 0 Å². The lowest BCUT2D eigenvalue weighted by Gasteiger charge is -2.24. The number of benzene rings is 1. The lowest BCUT2D eigenvalue weighted by atomic mass is 10.1. The van der Waals surface area contributed by atoms with Crippen LogP contribution in [0.1, 0.15) is 19.3 Å². The van der Waals surface area contributed by atoms with Crippen LogP contribution in [0.3, 0.4) is 0 Å². The highest BCUT2D eigenvalue weighted by molar-refractivity contribution is 5.88. The van der Waals surface area contributed by atoms with Crippen LogP contribution >= 0.6 is 0 Å². The molecule has 0 amide bonds. The molecule has 0 spiro atoms. The Bertz CT molecular complexity index is 1280. The Morgan fingerprint density at radius 3 is 2.61 bits per heavy atom. The summed E-state index contributed by atoms with van der Waals surface area (Å²) >= 11 is 0. The van der Waals surface area contributed by atoms with E-state index in [0.717, 1.165) is 46.5 Å². The molecule has 2 fully saturated rings. The van der Waals surface area contributed by atoms with Crippen LogP contribution in [0.2, 0.25) is 0 Å². The molecule has 0 bridgehead atoms. The van der Waals surface area contributed by atoms with Gasteiger partial charge in [0.1, 0.15) is 11.6 Å². The number of hydrogen-bond donors (Lipinski definition) is 1. The number of likely N-dealkylation sites (tertiary alicyclic amines) is 1. The van der Waals surface area contributed by atoms with Gasteiger partial charge in [-0.3, -0.25) is 9.58 Å². The number of aromatic nitrogens is 4. The zero-order chi connectivity index (χ0) is 20.9. The van der Waals surface area contributed by atoms with Crippen LogP contribution in [0.15, 0.2) is 42.6 Å². The molecule has 6 rings (SSSR count). The lowest BCUT2D eigenvalue weighted by Crippen LogP contribution is -2.35. The maximum atomic E-state index is 10.5. The fourth-order valence-electron chi connectivity index (χ4n) is 5.07. The third kappa shape index (κ3) is 3.29. The number of phenols is 1. The molecule has 1 atom stereocenters. The van der Waals surface area contributed by atoms with Crippen molar-refractivity contribution in [2.75, 3.05) is 31.1 Å². The fraction of sp³-hybridized carbons (Fsp3) is 0.375. The number of nitrogens with zero attached hydrogens (tertiary/aromatic N) is 6. The topological polar surface area (TPSA) is 70.3 Å². The van der Waals surface area contributed by atoms with E-state index in [0.29, 0.717) is 11.6 Å². The van der Waals surface area contributed by atoms with Crippen molar-refractivity contribution >= 4 is 27.8 Å². The summed E-state index contributed by atoms with van der Waals surface area (Å²) in [6.45, 7) is 4.61. The van der Waals surface area contributed by atoms with Gasteiger partial charge in [0.05, 0.1) is 22.2 Å². The normalized spacial score (nSPS) is 19.8. The Kier molecular flexibility index (Phi) is 4.31. The van der Waals surface area contributed by atoms with Crippen LogP contribution < -0.4 is 4.90 Å². The first-order valence-corrected chi connectivity index (χ1v) is 11.1. The summed E-state index contributed by atoms with van der Waals surface area (Å²) in [4.78, 5) is 14.7. The van der Waals surface area contributed by atoms with Crippen molar-refractivity contribution in [3.63, 3.8) is 0 Å². The molecule has 3 aromatic heterocycles. The van der Waals surface area contributed by atoms with Crippen molar-refractivity contribution in [2.24, 2.45) is 7.05 Å². The molecule has 1 N–H and O–H groups in total. The molecule has 7 heteroatoms. The molecule has 2 aliphatic rings. The van der Waals surface area contributed by atoms with Crippen LogP contribution in [0.4, 0.5) is 5.82 Å². The summed E-state index contributed by atoms with van der Waals surface area (Å²) in [6, 6.07) is 12.4. The van der Waals surface area contributed by atoms with E-state index >= 15 is 0 Å². The van der Waals surface area contributed by atoms with Crippen molar-refractivity contribution in [1.82, 2.24) is 24.6 Å². The summed E-state index contributed by atoms with van der Waals surface area (Å²) in [6.07, 6.45) is 5.83. The van der Waals surface area contributed by atoms with Crippen LogP contribution in [-0.4, -0.2) is 62.0 Å². The molecule has 7 nitrogen and oxygen atoms in total. The summed E-state index contributed by atoms with van der Waals surface area (Å²) in [5, 5.41) is 15.9. The molecule has 1 unspecified atom stereocenters. The summed E-state index contributed by atoms with van der Waals surface area (Å²) in [5.74, 6) is 1.22. The number of pyridine rings is 2. The minimum Gasteiger partial charge on any atom is -0.507 e. The second kappa shape index (κ2) is 7.20. The highest BCUT2D eigenvalue weighted by Gasteiger charge is 2.29. The zero-order valence-electron chi connectivity index (χ0n) is 17.7. The molecular weight excluding hydrogens is 388 g/mol. The number of aryl methyl sites for hydroxylation is 1. The van der Waals surface area contributed by atoms with Gasteiger partial charge in [-0.25, -0.2) is 9.97 Å². The van der Waals surface area contributed by atoms with Crippen LogP contribution in [0, 0.1) is 0 Å². The minimum absolute atomic E-state index is 0.188. The van der Waals surface area contributed by atoms with Crippen LogP contribution in [0.25, 0.3) is 33.2 Å². The second-order valence-electron chi connectivity index (χ2n) is 8.77. The van der Waals surface area contributed by atoms with Gasteiger partial charge in [0.25, 0.3) is 0 Å². The van der Waals surface area contributed by atoms with Gasteiger partial charge >= 0.3 is 0 Å². The van der Waals surface area contributed by atoms with E-state index in [1.54, 1.807) is 10.7 Å². The van der Waals surface area contributed by atoms with Gasteiger partial charge in [-0.2, -0.15) is 5.10 Å². The maximum Gasteiger partial charge on any atom is 0.129 e. The van der Waals surface area contributed by atoms with E-state index in [1.165, 1.54) is 32.4 Å². The molecule has 0 saturated carbocycles. The molecule has 5 heterocycles. The largest absolute Gasteiger partial charge is 0.507 e. The van der Waals surface area contributed by atoms with Gasteiger partial charge < -0.3 is 10.0 Å². The monoisotopic (exact) mass is 414 g/mol. The van der Waals surface area contributed by atoms with E-state index in [2.05, 4.69) is 21.0 Å². The minimum atomic E-state index is 0.188. The number of anilines is 1. The van der Waals surface area contributed by atoms with E-state index in [4.69, 9.17) is 9.97 Å². The second-order valence-corrected chi connectivity index (χ2v) is 8.77. The molecule has 158 valence electrons. The SMILES string of the molecule is Cn1cc2cc(-c3ccc4nc(N5CCC(N6CCCC6)C5)ccc4n3)c(O)cc2n1. The summed E-state index contributed by atoms with van der Waals surface area (Å²) in [5.41, 5.74) is 3.93. The number of fused-ring (bicyclic) bond motifs is 2. The number of phenolic OH excluding ortho intramolecular Hbond substituents is 1. The first kappa shape index (κ1) is 18.6. The zero-order valence-corrected chi connectivity index (χ0v) is 17.7. The van der Waals surface area contributed by atoms with Gasteiger partial charge in [0.2, 0.25) is 0 Å². The van der Waals surface area contributed by atoms with Crippen molar-refractivity contribution in [3.05, 3.63) is 42.6 Å². The highest BCUT2D eigenvalue weighted by Crippen LogP contribution is 2.33. The average molecular weight is 415 g/mol. The van der Waals surface area contributed by atoms with Gasteiger partial charge in [-0.15, -0.1) is 0 Å². The Morgan fingerprint density at radius 1 is 0.935 bits per heavy atom. The first-order valence-electron chi connectivity index (χ1n) is 11.1. The molecule has 0 radical (unpaired) electrons. The Hall–Kier alpha value is -3.19. The molecule has 0 aliphatic carbocycles. The van der Waals surface area contributed by atoms with E-state index in [-0.39, 0.29) is 5.75 Å². The molecular formula is C24H26N6O. The third-order valence-electron chi connectivity index (χ3n) is 6.68. The Balaban J connectivity index is 1.29. The van der Waals surface area contributed by atoms with Gasteiger partial charge in [-0.1, -0.05) is 0 Å². The molecule has 4 aromatic rings. The van der Waals surface area contributed by atoms with E-state index in [9.17, 15) is 5.11 Å². The first-order chi connectivity index (χ1) is 15.1. The standard InChI is InChI=1S/C24H26N6O/c1-28-14-16-12-18(23(31)13-22(16)27-28)19-4-5-21-20(25-19)6-7-24(26-21)30-11-8-17(15-30)29-9-2-3-10-29/h4-7,12-14,17,31H,2-3,8-11,15H2,1H3. The number of hydrogen-bond acceptors (Lipinski definition) is 6. The molecule has 1 aromatic carbocycles. The van der Waals surface area contributed by atoms with Crippen LogP contribution in [-0.2, 0) is 7.05 Å². The highest BCUT2D eigenvalue weighted by atomic mass is 16.3. The Morgan fingerprint density at radius 2 is 1.74 bits per heavy atom.